The third kappa shape index (κ3) is 3.71. The molecule has 0 aromatic heterocycles. The van der Waals surface area contributed by atoms with Crippen molar-refractivity contribution in [2.75, 3.05) is 25.0 Å². The van der Waals surface area contributed by atoms with Gasteiger partial charge in [0.25, 0.3) is 0 Å². The molecule has 1 N–H and O–H groups in total. The largest absolute Gasteiger partial charge is 0.493 e. The van der Waals surface area contributed by atoms with E-state index in [9.17, 15) is 14.0 Å². The van der Waals surface area contributed by atoms with Gasteiger partial charge in [0.1, 0.15) is 12.4 Å². The number of hydrogen-bond acceptors (Lipinski definition) is 3. The lowest BCUT2D eigenvalue weighted by Crippen LogP contribution is -2.48. The Bertz CT molecular complexity index is 907. The van der Waals surface area contributed by atoms with Crippen molar-refractivity contribution >= 4 is 17.5 Å². The van der Waals surface area contributed by atoms with Gasteiger partial charge in [0.2, 0.25) is 11.8 Å². The summed E-state index contributed by atoms with van der Waals surface area (Å²) in [5.74, 6) is 0.660. The van der Waals surface area contributed by atoms with Gasteiger partial charge in [-0.25, -0.2) is 4.39 Å². The molecule has 2 heterocycles. The minimum absolute atomic E-state index is 0.0470. The summed E-state index contributed by atoms with van der Waals surface area (Å²) < 4.78 is 18.6. The molecule has 0 atom stereocenters. The molecule has 2 aliphatic rings. The maximum atomic E-state index is 12.9. The fourth-order valence-electron chi connectivity index (χ4n) is 4.33. The zero-order valence-corrected chi connectivity index (χ0v) is 16.3. The topological polar surface area (TPSA) is 58.6 Å². The van der Waals surface area contributed by atoms with Crippen molar-refractivity contribution in [1.82, 2.24) is 4.90 Å². The molecule has 2 amide bonds. The van der Waals surface area contributed by atoms with Crippen molar-refractivity contribution < 1.29 is 18.7 Å². The summed E-state index contributed by atoms with van der Waals surface area (Å²) in [5.41, 5.74) is 1.96. The van der Waals surface area contributed by atoms with Gasteiger partial charge in [0.05, 0.1) is 12.0 Å². The van der Waals surface area contributed by atoms with Crippen molar-refractivity contribution in [1.29, 1.82) is 0 Å². The number of fused-ring (bicyclic) bond motifs is 2. The Balaban J connectivity index is 1.27. The van der Waals surface area contributed by atoms with Crippen molar-refractivity contribution in [2.24, 2.45) is 0 Å². The van der Waals surface area contributed by atoms with E-state index in [4.69, 9.17) is 4.74 Å². The van der Waals surface area contributed by atoms with Crippen LogP contribution in [0.15, 0.2) is 48.5 Å². The van der Waals surface area contributed by atoms with Crippen molar-refractivity contribution in [2.45, 2.75) is 37.8 Å². The highest BCUT2D eigenvalue weighted by Gasteiger charge is 2.48. The second kappa shape index (κ2) is 8.23. The van der Waals surface area contributed by atoms with Crippen LogP contribution in [-0.4, -0.2) is 36.4 Å². The van der Waals surface area contributed by atoms with Gasteiger partial charge in [-0.2, -0.15) is 0 Å². The zero-order chi connectivity index (χ0) is 20.3. The molecule has 1 spiro atoms. The lowest BCUT2D eigenvalue weighted by molar-refractivity contribution is -0.135. The fraction of sp³-hybridized carbons (Fsp3) is 0.391. The molecule has 2 aliphatic heterocycles. The third-order valence-electron chi connectivity index (χ3n) is 6.00. The molecular weight excluding hydrogens is 371 g/mol. The molecule has 1 fully saturated rings. The lowest BCUT2D eigenvalue weighted by atomic mass is 9.73. The monoisotopic (exact) mass is 396 g/mol. The highest BCUT2D eigenvalue weighted by Crippen LogP contribution is 2.44. The summed E-state index contributed by atoms with van der Waals surface area (Å²) in [6, 6.07) is 14.8. The van der Waals surface area contributed by atoms with Crippen molar-refractivity contribution in [3.8, 4) is 5.75 Å². The Morgan fingerprint density at radius 3 is 2.62 bits per heavy atom. The molecule has 0 aliphatic carbocycles. The number of carbonyl (C=O) groups excluding carboxylic acids is 2. The number of nitrogens with one attached hydrogen (secondary N) is 1. The summed E-state index contributed by atoms with van der Waals surface area (Å²) in [5, 5.41) is 2.98. The number of carbonyl (C=O) groups is 2. The molecule has 152 valence electrons. The van der Waals surface area contributed by atoms with Crippen LogP contribution in [-0.2, 0) is 21.7 Å². The number of anilines is 1. The first-order valence-corrected chi connectivity index (χ1v) is 10.1. The van der Waals surface area contributed by atoms with Gasteiger partial charge in [-0.1, -0.05) is 36.4 Å². The summed E-state index contributed by atoms with van der Waals surface area (Å²) in [6.45, 7) is 0.954. The number of rotatable bonds is 6. The Morgan fingerprint density at radius 2 is 1.83 bits per heavy atom. The number of ether oxygens (including phenoxy) is 1. The van der Waals surface area contributed by atoms with Gasteiger partial charge in [-0.05, 0) is 37.0 Å². The molecule has 2 aromatic rings. The number of nitrogens with zero attached hydrogens (tertiary/aromatic N) is 1. The highest BCUT2D eigenvalue weighted by molar-refractivity contribution is 6.06. The first kappa shape index (κ1) is 19.4. The highest BCUT2D eigenvalue weighted by atomic mass is 19.1. The van der Waals surface area contributed by atoms with E-state index in [0.717, 1.165) is 11.3 Å². The molecule has 29 heavy (non-hydrogen) atoms. The number of halogens is 1. The molecule has 0 radical (unpaired) electrons. The van der Waals surface area contributed by atoms with Crippen LogP contribution in [0.25, 0.3) is 0 Å². The molecule has 1 saturated heterocycles. The van der Waals surface area contributed by atoms with Crippen molar-refractivity contribution in [3.05, 3.63) is 59.7 Å². The van der Waals surface area contributed by atoms with Gasteiger partial charge in [-0.15, -0.1) is 0 Å². The molecule has 0 bridgehead atoms. The standard InChI is InChI=1S/C23H25FN2O3/c24-16-17-6-1-4-9-20(17)29-15-5-10-21(27)26-13-11-23(12-14-26)18-7-2-3-8-19(18)25-22(23)28/h1-4,6-9H,5,10-16H2,(H,25,28). The van der Waals surface area contributed by atoms with E-state index in [1.54, 1.807) is 24.3 Å². The van der Waals surface area contributed by atoms with Crippen LogP contribution in [0.4, 0.5) is 10.1 Å². The van der Waals surface area contributed by atoms with Gasteiger partial charge in [0.15, 0.2) is 0 Å². The minimum atomic E-state index is -0.568. The average Bonchev–Trinajstić information content (AvgIpc) is 3.03. The SMILES string of the molecule is O=C(CCCOc1ccccc1CF)N1CCC2(CC1)C(=O)Nc1ccccc12. The first-order valence-electron chi connectivity index (χ1n) is 10.1. The predicted octanol–water partition coefficient (Wildman–Crippen LogP) is 3.83. The molecule has 6 heteroatoms. The second-order valence-corrected chi connectivity index (χ2v) is 7.66. The first-order chi connectivity index (χ1) is 14.1. The number of amides is 2. The van der Waals surface area contributed by atoms with Crippen LogP contribution in [0.1, 0.15) is 36.8 Å². The number of piperidine rings is 1. The van der Waals surface area contributed by atoms with Crippen LogP contribution in [0.2, 0.25) is 0 Å². The number of benzene rings is 2. The summed E-state index contributed by atoms with van der Waals surface area (Å²) in [4.78, 5) is 27.0. The van der Waals surface area contributed by atoms with Gasteiger partial charge in [0, 0.05) is 30.8 Å². The van der Waals surface area contributed by atoms with Crippen LogP contribution in [0.5, 0.6) is 5.75 Å². The van der Waals surface area contributed by atoms with Crippen LogP contribution in [0, 0.1) is 0 Å². The van der Waals surface area contributed by atoms with E-state index in [0.29, 0.717) is 56.7 Å². The number of hydrogen-bond donors (Lipinski definition) is 1. The Kier molecular flexibility index (Phi) is 5.51. The second-order valence-electron chi connectivity index (χ2n) is 7.66. The van der Waals surface area contributed by atoms with Gasteiger partial charge >= 0.3 is 0 Å². The van der Waals surface area contributed by atoms with Gasteiger partial charge in [-0.3, -0.25) is 9.59 Å². The Morgan fingerprint density at radius 1 is 1.10 bits per heavy atom. The minimum Gasteiger partial charge on any atom is -0.493 e. The van der Waals surface area contributed by atoms with Crippen molar-refractivity contribution in [3.63, 3.8) is 0 Å². The molecular formula is C23H25FN2O3. The maximum Gasteiger partial charge on any atom is 0.235 e. The Hall–Kier alpha value is -2.89. The number of likely N-dealkylation sites (tertiary alicyclic amines) is 1. The zero-order valence-electron chi connectivity index (χ0n) is 16.3. The summed E-state index contributed by atoms with van der Waals surface area (Å²) >= 11 is 0. The van der Waals surface area contributed by atoms with E-state index >= 15 is 0 Å². The van der Waals surface area contributed by atoms with E-state index < -0.39 is 12.1 Å². The fourth-order valence-corrected chi connectivity index (χ4v) is 4.33. The van der Waals surface area contributed by atoms with Crippen LogP contribution < -0.4 is 10.1 Å². The average molecular weight is 396 g/mol. The number of para-hydroxylation sites is 2. The summed E-state index contributed by atoms with van der Waals surface area (Å²) in [6.07, 6.45) is 2.24. The quantitative estimate of drug-likeness (QED) is 0.755. The van der Waals surface area contributed by atoms with E-state index in [-0.39, 0.29) is 11.8 Å². The maximum absolute atomic E-state index is 12.9. The normalized spacial score (nSPS) is 17.1. The molecule has 2 aromatic carbocycles. The predicted molar refractivity (Wildman–Crippen MR) is 109 cm³/mol. The molecule has 0 unspecified atom stereocenters. The molecule has 4 rings (SSSR count). The lowest BCUT2D eigenvalue weighted by Gasteiger charge is -2.38. The van der Waals surface area contributed by atoms with E-state index in [1.807, 2.05) is 29.2 Å². The van der Waals surface area contributed by atoms with E-state index in [2.05, 4.69) is 5.32 Å². The van der Waals surface area contributed by atoms with Gasteiger partial charge < -0.3 is 15.0 Å². The van der Waals surface area contributed by atoms with E-state index in [1.165, 1.54) is 0 Å². The Labute approximate surface area is 169 Å². The summed E-state index contributed by atoms with van der Waals surface area (Å²) in [7, 11) is 0. The number of alkyl halides is 1. The smallest absolute Gasteiger partial charge is 0.235 e. The van der Waals surface area contributed by atoms with Crippen LogP contribution >= 0.6 is 0 Å². The molecule has 0 saturated carbocycles. The van der Waals surface area contributed by atoms with Crippen LogP contribution in [0.3, 0.4) is 0 Å². The molecule has 5 nitrogen and oxygen atoms in total. The third-order valence-corrected chi connectivity index (χ3v) is 6.00.